The predicted octanol–water partition coefficient (Wildman–Crippen LogP) is 1.88. The van der Waals surface area contributed by atoms with Gasteiger partial charge in [-0.2, -0.15) is 0 Å². The molecule has 0 spiro atoms. The number of piperidine rings is 1. The molecule has 2 aliphatic heterocycles. The Bertz CT molecular complexity index is 848. The van der Waals surface area contributed by atoms with E-state index in [0.717, 1.165) is 11.3 Å². The standard InChI is InChI=1S/C20H24N4O4/c1-4-16(25)23-10-6-7-13(12-23)17(26)21-14-8-5-9-15(11-14)24-18(27)20(2,3)22-19(24)28/h4-5,8-9,11,13H,1,6-7,10,12H2,2-3H3,(H,21,26)(H,22,28). The Hall–Kier alpha value is -3.16. The van der Waals surface area contributed by atoms with Gasteiger partial charge in [0.05, 0.1) is 11.6 Å². The number of rotatable bonds is 4. The first-order valence-corrected chi connectivity index (χ1v) is 9.22. The zero-order valence-electron chi connectivity index (χ0n) is 16.0. The smallest absolute Gasteiger partial charge is 0.329 e. The lowest BCUT2D eigenvalue weighted by Crippen LogP contribution is -2.43. The maximum atomic E-state index is 12.7. The van der Waals surface area contributed by atoms with Gasteiger partial charge in [0.2, 0.25) is 11.8 Å². The Balaban J connectivity index is 1.72. The number of amides is 5. The van der Waals surface area contributed by atoms with Crippen LogP contribution in [0.3, 0.4) is 0 Å². The van der Waals surface area contributed by atoms with Crippen LogP contribution >= 0.6 is 0 Å². The number of hydrogen-bond acceptors (Lipinski definition) is 4. The molecule has 0 aromatic heterocycles. The van der Waals surface area contributed by atoms with Crippen molar-refractivity contribution in [2.45, 2.75) is 32.2 Å². The van der Waals surface area contributed by atoms with Crippen molar-refractivity contribution < 1.29 is 19.2 Å². The van der Waals surface area contributed by atoms with Crippen molar-refractivity contribution in [3.8, 4) is 0 Å². The first-order valence-electron chi connectivity index (χ1n) is 9.22. The molecular formula is C20H24N4O4. The fourth-order valence-corrected chi connectivity index (χ4v) is 3.47. The molecule has 2 heterocycles. The van der Waals surface area contributed by atoms with Crippen LogP contribution in [0, 0.1) is 5.92 Å². The molecule has 1 atom stereocenters. The molecule has 5 amide bonds. The summed E-state index contributed by atoms with van der Waals surface area (Å²) >= 11 is 0. The number of nitrogens with zero attached hydrogens (tertiary/aromatic N) is 2. The number of carbonyl (C=O) groups excluding carboxylic acids is 4. The molecule has 0 bridgehead atoms. The lowest BCUT2D eigenvalue weighted by atomic mass is 9.97. The molecule has 8 heteroatoms. The molecule has 0 radical (unpaired) electrons. The molecule has 2 saturated heterocycles. The highest BCUT2D eigenvalue weighted by atomic mass is 16.2. The monoisotopic (exact) mass is 384 g/mol. The Morgan fingerprint density at radius 3 is 2.71 bits per heavy atom. The summed E-state index contributed by atoms with van der Waals surface area (Å²) in [5.74, 6) is -1.05. The molecule has 8 nitrogen and oxygen atoms in total. The van der Waals surface area contributed by atoms with Crippen LogP contribution in [0.25, 0.3) is 0 Å². The van der Waals surface area contributed by atoms with Gasteiger partial charge in [-0.3, -0.25) is 14.4 Å². The maximum Gasteiger partial charge on any atom is 0.329 e. The molecule has 148 valence electrons. The third kappa shape index (κ3) is 3.76. The topological polar surface area (TPSA) is 98.8 Å². The number of urea groups is 1. The minimum Gasteiger partial charge on any atom is -0.338 e. The highest BCUT2D eigenvalue weighted by Gasteiger charge is 2.45. The summed E-state index contributed by atoms with van der Waals surface area (Å²) in [4.78, 5) is 51.8. The van der Waals surface area contributed by atoms with Gasteiger partial charge < -0.3 is 15.5 Å². The van der Waals surface area contributed by atoms with Crippen molar-refractivity contribution in [1.82, 2.24) is 10.2 Å². The van der Waals surface area contributed by atoms with Crippen LogP contribution in [-0.4, -0.2) is 47.3 Å². The van der Waals surface area contributed by atoms with Crippen LogP contribution in [0.15, 0.2) is 36.9 Å². The van der Waals surface area contributed by atoms with E-state index < -0.39 is 11.6 Å². The van der Waals surface area contributed by atoms with Crippen LogP contribution < -0.4 is 15.5 Å². The van der Waals surface area contributed by atoms with Crippen LogP contribution in [-0.2, 0) is 14.4 Å². The normalized spacial score (nSPS) is 21.3. The number of imide groups is 1. The molecule has 2 fully saturated rings. The molecule has 2 N–H and O–H groups in total. The van der Waals surface area contributed by atoms with E-state index in [9.17, 15) is 19.2 Å². The van der Waals surface area contributed by atoms with Gasteiger partial charge in [0.25, 0.3) is 5.91 Å². The minimum atomic E-state index is -0.973. The van der Waals surface area contributed by atoms with E-state index in [4.69, 9.17) is 0 Å². The quantitative estimate of drug-likeness (QED) is 0.612. The summed E-state index contributed by atoms with van der Waals surface area (Å²) in [6.45, 7) is 7.72. The van der Waals surface area contributed by atoms with Crippen molar-refractivity contribution in [3.63, 3.8) is 0 Å². The van der Waals surface area contributed by atoms with Gasteiger partial charge in [0.15, 0.2) is 0 Å². The average Bonchev–Trinajstić information content (AvgIpc) is 2.88. The van der Waals surface area contributed by atoms with E-state index in [-0.39, 0.29) is 23.6 Å². The molecule has 2 aliphatic rings. The van der Waals surface area contributed by atoms with Crippen molar-refractivity contribution in [1.29, 1.82) is 0 Å². The van der Waals surface area contributed by atoms with Gasteiger partial charge in [-0.15, -0.1) is 0 Å². The zero-order valence-corrected chi connectivity index (χ0v) is 16.0. The molecule has 1 unspecified atom stereocenters. The third-order valence-corrected chi connectivity index (χ3v) is 5.01. The van der Waals surface area contributed by atoms with E-state index in [1.807, 2.05) is 0 Å². The summed E-state index contributed by atoms with van der Waals surface area (Å²) in [6.07, 6.45) is 2.69. The SMILES string of the molecule is C=CC(=O)N1CCCC(C(=O)Nc2cccc(N3C(=O)NC(C)(C)C3=O)c2)C1. The van der Waals surface area contributed by atoms with Crippen LogP contribution in [0.2, 0.25) is 0 Å². The second-order valence-corrected chi connectivity index (χ2v) is 7.56. The largest absolute Gasteiger partial charge is 0.338 e. The Labute approximate surface area is 163 Å². The number of nitrogens with one attached hydrogen (secondary N) is 2. The van der Waals surface area contributed by atoms with E-state index >= 15 is 0 Å². The van der Waals surface area contributed by atoms with Crippen molar-refractivity contribution in [3.05, 3.63) is 36.9 Å². The lowest BCUT2D eigenvalue weighted by molar-refractivity contribution is -0.130. The highest BCUT2D eigenvalue weighted by molar-refractivity contribution is 6.23. The molecular weight excluding hydrogens is 360 g/mol. The molecule has 0 saturated carbocycles. The minimum absolute atomic E-state index is 0.180. The predicted molar refractivity (Wildman–Crippen MR) is 105 cm³/mol. The Morgan fingerprint density at radius 2 is 2.07 bits per heavy atom. The number of benzene rings is 1. The van der Waals surface area contributed by atoms with Crippen molar-refractivity contribution >= 4 is 35.1 Å². The third-order valence-electron chi connectivity index (χ3n) is 5.01. The number of carbonyl (C=O) groups is 4. The van der Waals surface area contributed by atoms with Crippen molar-refractivity contribution in [2.24, 2.45) is 5.92 Å². The molecule has 3 rings (SSSR count). The molecule has 28 heavy (non-hydrogen) atoms. The first-order chi connectivity index (χ1) is 13.2. The fourth-order valence-electron chi connectivity index (χ4n) is 3.47. The van der Waals surface area contributed by atoms with Gasteiger partial charge in [-0.1, -0.05) is 12.6 Å². The average molecular weight is 384 g/mol. The number of hydrogen-bond donors (Lipinski definition) is 2. The van der Waals surface area contributed by atoms with E-state index in [1.54, 1.807) is 43.0 Å². The first kappa shape index (κ1) is 19.6. The second-order valence-electron chi connectivity index (χ2n) is 7.56. The van der Waals surface area contributed by atoms with Gasteiger partial charge in [0.1, 0.15) is 5.54 Å². The van der Waals surface area contributed by atoms with E-state index in [1.165, 1.54) is 6.08 Å². The molecule has 0 aliphatic carbocycles. The summed E-state index contributed by atoms with van der Waals surface area (Å²) in [5, 5.41) is 5.46. The molecule has 1 aromatic rings. The highest BCUT2D eigenvalue weighted by Crippen LogP contribution is 2.27. The van der Waals surface area contributed by atoms with E-state index in [2.05, 4.69) is 17.2 Å². The van der Waals surface area contributed by atoms with Crippen LogP contribution in [0.1, 0.15) is 26.7 Å². The van der Waals surface area contributed by atoms with Gasteiger partial charge >= 0.3 is 6.03 Å². The Kier molecular flexibility index (Phi) is 5.22. The number of anilines is 2. The summed E-state index contributed by atoms with van der Waals surface area (Å²) in [5.41, 5.74) is -0.0995. The molecule has 1 aromatic carbocycles. The van der Waals surface area contributed by atoms with Crippen LogP contribution in [0.5, 0.6) is 0 Å². The summed E-state index contributed by atoms with van der Waals surface area (Å²) < 4.78 is 0. The lowest BCUT2D eigenvalue weighted by Gasteiger charge is -2.31. The Morgan fingerprint density at radius 1 is 1.32 bits per heavy atom. The zero-order chi connectivity index (χ0) is 20.5. The second kappa shape index (κ2) is 7.46. The summed E-state index contributed by atoms with van der Waals surface area (Å²) in [7, 11) is 0. The number of likely N-dealkylation sites (tertiary alicyclic amines) is 1. The van der Waals surface area contributed by atoms with Gasteiger partial charge in [-0.05, 0) is 51.0 Å². The van der Waals surface area contributed by atoms with Gasteiger partial charge in [0, 0.05) is 18.8 Å². The van der Waals surface area contributed by atoms with Gasteiger partial charge in [-0.25, -0.2) is 9.69 Å². The van der Waals surface area contributed by atoms with Crippen LogP contribution in [0.4, 0.5) is 16.2 Å². The fraction of sp³-hybridized carbons (Fsp3) is 0.400. The van der Waals surface area contributed by atoms with E-state index in [0.29, 0.717) is 30.9 Å². The summed E-state index contributed by atoms with van der Waals surface area (Å²) in [6, 6.07) is 6.10. The van der Waals surface area contributed by atoms with Crippen molar-refractivity contribution in [2.75, 3.05) is 23.3 Å². The maximum absolute atomic E-state index is 12.7.